The van der Waals surface area contributed by atoms with Crippen LogP contribution in [0.25, 0.3) is 0 Å². The van der Waals surface area contributed by atoms with Gasteiger partial charge in [0.25, 0.3) is 0 Å². The Kier molecular flexibility index (Phi) is 2.05. The van der Waals surface area contributed by atoms with Gasteiger partial charge in [-0.05, 0) is 24.4 Å². The molecule has 3 heteroatoms. The summed E-state index contributed by atoms with van der Waals surface area (Å²) >= 11 is 5.63. The smallest absolute Gasteiger partial charge is 0.129 e. The summed E-state index contributed by atoms with van der Waals surface area (Å²) in [6, 6.07) is 3.76. The van der Waals surface area contributed by atoms with E-state index in [4.69, 9.17) is 11.6 Å². The molecule has 0 aromatic carbocycles. The number of hydrogen-bond acceptors (Lipinski definition) is 1. The summed E-state index contributed by atoms with van der Waals surface area (Å²) in [5.41, 5.74) is 0.951. The van der Waals surface area contributed by atoms with Crippen LogP contribution in [0.1, 0.15) is 5.69 Å². The standard InChI is InChI=1S/C6H7ClNP/c1-4-2-5(9)3-6(7)8-4/h2-3H,9H2,1H3. The van der Waals surface area contributed by atoms with Gasteiger partial charge in [-0.25, -0.2) is 4.98 Å². The molecule has 1 nitrogen and oxygen atoms in total. The van der Waals surface area contributed by atoms with E-state index in [0.29, 0.717) is 5.15 Å². The highest BCUT2D eigenvalue weighted by molar-refractivity contribution is 7.27. The van der Waals surface area contributed by atoms with Crippen molar-refractivity contribution in [1.82, 2.24) is 4.98 Å². The molecular formula is C6H7ClNP. The predicted octanol–water partition coefficient (Wildman–Crippen LogP) is 1.54. The molecule has 0 bridgehead atoms. The van der Waals surface area contributed by atoms with Crippen LogP contribution in [0.5, 0.6) is 0 Å². The van der Waals surface area contributed by atoms with Crippen LogP contribution in [-0.2, 0) is 0 Å². The highest BCUT2D eigenvalue weighted by Gasteiger charge is 1.90. The van der Waals surface area contributed by atoms with Gasteiger partial charge in [-0.15, -0.1) is 9.24 Å². The van der Waals surface area contributed by atoms with Crippen LogP contribution in [-0.4, -0.2) is 4.98 Å². The van der Waals surface area contributed by atoms with Gasteiger partial charge in [0.15, 0.2) is 0 Å². The average Bonchev–Trinajstić information content (AvgIpc) is 1.59. The molecule has 0 radical (unpaired) electrons. The maximum Gasteiger partial charge on any atom is 0.129 e. The van der Waals surface area contributed by atoms with Crippen molar-refractivity contribution in [1.29, 1.82) is 0 Å². The molecule has 0 aliphatic carbocycles. The Labute approximate surface area is 61.6 Å². The van der Waals surface area contributed by atoms with Gasteiger partial charge < -0.3 is 0 Å². The fourth-order valence-electron chi connectivity index (χ4n) is 0.653. The average molecular weight is 160 g/mol. The van der Waals surface area contributed by atoms with E-state index in [2.05, 4.69) is 14.2 Å². The number of halogens is 1. The molecule has 1 aromatic rings. The molecule has 0 amide bonds. The SMILES string of the molecule is Cc1cc(P)cc(Cl)n1. The van der Waals surface area contributed by atoms with Gasteiger partial charge in [0.05, 0.1) is 0 Å². The maximum atomic E-state index is 5.63. The van der Waals surface area contributed by atoms with E-state index in [-0.39, 0.29) is 0 Å². The van der Waals surface area contributed by atoms with E-state index in [9.17, 15) is 0 Å². The summed E-state index contributed by atoms with van der Waals surface area (Å²) in [6.07, 6.45) is 0. The van der Waals surface area contributed by atoms with Gasteiger partial charge in [0.2, 0.25) is 0 Å². The summed E-state index contributed by atoms with van der Waals surface area (Å²) in [5.74, 6) is 0. The largest absolute Gasteiger partial charge is 0.241 e. The molecule has 1 heterocycles. The monoisotopic (exact) mass is 159 g/mol. The molecule has 1 atom stereocenters. The summed E-state index contributed by atoms with van der Waals surface area (Å²) in [7, 11) is 2.57. The van der Waals surface area contributed by atoms with Gasteiger partial charge in [-0.1, -0.05) is 11.6 Å². The van der Waals surface area contributed by atoms with Gasteiger partial charge in [0.1, 0.15) is 5.15 Å². The Morgan fingerprint density at radius 3 is 2.67 bits per heavy atom. The van der Waals surface area contributed by atoms with Crippen molar-refractivity contribution in [2.24, 2.45) is 0 Å². The zero-order chi connectivity index (χ0) is 6.85. The number of aryl methyl sites for hydroxylation is 1. The zero-order valence-electron chi connectivity index (χ0n) is 5.06. The van der Waals surface area contributed by atoms with Crippen LogP contribution in [0, 0.1) is 6.92 Å². The molecule has 0 saturated heterocycles. The summed E-state index contributed by atoms with van der Waals surface area (Å²) < 4.78 is 0. The summed E-state index contributed by atoms with van der Waals surface area (Å²) in [5, 5.41) is 1.63. The molecule has 0 aliphatic heterocycles. The van der Waals surface area contributed by atoms with Crippen molar-refractivity contribution in [3.63, 3.8) is 0 Å². The van der Waals surface area contributed by atoms with Crippen LogP contribution in [0.4, 0.5) is 0 Å². The fraction of sp³-hybridized carbons (Fsp3) is 0.167. The first-order valence-corrected chi connectivity index (χ1v) is 3.53. The number of nitrogens with zero attached hydrogens (tertiary/aromatic N) is 1. The lowest BCUT2D eigenvalue weighted by Gasteiger charge is -1.94. The Balaban J connectivity index is 3.17. The molecule has 0 spiro atoms. The number of aromatic nitrogens is 1. The number of hydrogen-bond donors (Lipinski definition) is 0. The molecular weight excluding hydrogens is 152 g/mol. The van der Waals surface area contributed by atoms with Gasteiger partial charge in [-0.2, -0.15) is 0 Å². The normalized spacial score (nSPS) is 9.67. The molecule has 48 valence electrons. The van der Waals surface area contributed by atoms with E-state index in [1.807, 2.05) is 13.0 Å². The van der Waals surface area contributed by atoms with Gasteiger partial charge >= 0.3 is 0 Å². The molecule has 1 rings (SSSR count). The minimum atomic E-state index is 0.556. The van der Waals surface area contributed by atoms with Gasteiger partial charge in [-0.3, -0.25) is 0 Å². The molecule has 0 aliphatic rings. The molecule has 0 N–H and O–H groups in total. The van der Waals surface area contributed by atoms with E-state index in [0.717, 1.165) is 11.0 Å². The Morgan fingerprint density at radius 1 is 1.56 bits per heavy atom. The minimum absolute atomic E-state index is 0.556. The first-order valence-electron chi connectivity index (χ1n) is 2.58. The lowest BCUT2D eigenvalue weighted by molar-refractivity contribution is 1.21. The predicted molar refractivity (Wildman–Crippen MR) is 43.3 cm³/mol. The lowest BCUT2D eigenvalue weighted by Crippen LogP contribution is -1.93. The van der Waals surface area contributed by atoms with E-state index in [1.54, 1.807) is 6.07 Å². The van der Waals surface area contributed by atoms with Gasteiger partial charge in [0, 0.05) is 5.69 Å². The topological polar surface area (TPSA) is 12.9 Å². The van der Waals surface area contributed by atoms with Crippen molar-refractivity contribution in [2.75, 3.05) is 0 Å². The van der Waals surface area contributed by atoms with E-state index >= 15 is 0 Å². The highest BCUT2D eigenvalue weighted by atomic mass is 35.5. The molecule has 0 fully saturated rings. The van der Waals surface area contributed by atoms with Crippen LogP contribution < -0.4 is 5.30 Å². The molecule has 9 heavy (non-hydrogen) atoms. The Morgan fingerprint density at radius 2 is 2.22 bits per heavy atom. The van der Waals surface area contributed by atoms with Crippen LogP contribution in [0.15, 0.2) is 12.1 Å². The van der Waals surface area contributed by atoms with Crippen molar-refractivity contribution in [3.8, 4) is 0 Å². The third-order valence-corrected chi connectivity index (χ3v) is 1.47. The van der Waals surface area contributed by atoms with E-state index < -0.39 is 0 Å². The zero-order valence-corrected chi connectivity index (χ0v) is 6.97. The van der Waals surface area contributed by atoms with E-state index in [1.165, 1.54) is 0 Å². The first-order chi connectivity index (χ1) is 4.18. The maximum absolute atomic E-state index is 5.63. The van der Waals surface area contributed by atoms with Crippen LogP contribution in [0.3, 0.4) is 0 Å². The lowest BCUT2D eigenvalue weighted by atomic mass is 10.4. The van der Waals surface area contributed by atoms with Crippen molar-refractivity contribution in [2.45, 2.75) is 6.92 Å². The number of pyridine rings is 1. The quantitative estimate of drug-likeness (QED) is 0.414. The second-order valence-corrected chi connectivity index (χ2v) is 2.92. The fourth-order valence-corrected chi connectivity index (χ4v) is 1.42. The Hall–Kier alpha value is -0.130. The summed E-state index contributed by atoms with van der Waals surface area (Å²) in [6.45, 7) is 1.92. The second kappa shape index (κ2) is 2.64. The molecule has 0 saturated carbocycles. The first kappa shape index (κ1) is 6.98. The minimum Gasteiger partial charge on any atom is -0.241 e. The van der Waals surface area contributed by atoms with Crippen molar-refractivity contribution in [3.05, 3.63) is 23.0 Å². The third kappa shape index (κ3) is 1.92. The molecule has 1 unspecified atom stereocenters. The summed E-state index contributed by atoms with van der Waals surface area (Å²) in [4.78, 5) is 3.99. The molecule has 1 aromatic heterocycles. The second-order valence-electron chi connectivity index (χ2n) is 1.86. The third-order valence-electron chi connectivity index (χ3n) is 0.944. The van der Waals surface area contributed by atoms with Crippen molar-refractivity contribution < 1.29 is 0 Å². The Bertz CT molecular complexity index is 174. The highest BCUT2D eigenvalue weighted by Crippen LogP contribution is 2.03. The van der Waals surface area contributed by atoms with Crippen LogP contribution in [0.2, 0.25) is 5.15 Å². The van der Waals surface area contributed by atoms with Crippen LogP contribution >= 0.6 is 20.8 Å². The van der Waals surface area contributed by atoms with Crippen molar-refractivity contribution >= 4 is 26.1 Å². The number of rotatable bonds is 0.